The lowest BCUT2D eigenvalue weighted by atomic mass is 9.83. The first-order valence-electron chi connectivity index (χ1n) is 5.89. The Hall–Kier alpha value is -2.22. The Morgan fingerprint density at radius 2 is 1.63 bits per heavy atom. The molecular formula is C16H10O2S. The molecule has 1 aliphatic rings. The van der Waals surface area contributed by atoms with Gasteiger partial charge < -0.3 is 0 Å². The van der Waals surface area contributed by atoms with Crippen molar-refractivity contribution in [2.75, 3.05) is 0 Å². The fourth-order valence-electron chi connectivity index (χ4n) is 2.47. The van der Waals surface area contributed by atoms with E-state index in [0.717, 1.165) is 32.5 Å². The van der Waals surface area contributed by atoms with Crippen molar-refractivity contribution in [3.63, 3.8) is 0 Å². The summed E-state index contributed by atoms with van der Waals surface area (Å²) in [5.74, 6) is 0.0268. The molecular weight excluding hydrogens is 256 g/mol. The van der Waals surface area contributed by atoms with Crippen molar-refractivity contribution in [1.82, 2.24) is 0 Å². The average Bonchev–Trinajstić information content (AvgIpc) is 2.43. The van der Waals surface area contributed by atoms with E-state index in [9.17, 15) is 9.59 Å². The maximum Gasteiger partial charge on any atom is 0.194 e. The zero-order chi connectivity index (χ0) is 13.4. The standard InChI is InChI=1S/C16H10O2S/c1-10-5-4-8-13-14(10)15(18)11-6-2-3-7-12(11)16(13)19-9-17/h2-8H,1H3. The molecule has 19 heavy (non-hydrogen) atoms. The predicted molar refractivity (Wildman–Crippen MR) is 77.5 cm³/mol. The summed E-state index contributed by atoms with van der Waals surface area (Å²) in [5.41, 5.74) is 3.93. The third kappa shape index (κ3) is 1.72. The van der Waals surface area contributed by atoms with Crippen molar-refractivity contribution in [2.45, 2.75) is 6.92 Å². The first-order valence-corrected chi connectivity index (χ1v) is 6.70. The van der Waals surface area contributed by atoms with Crippen LogP contribution in [0.5, 0.6) is 0 Å². The quantitative estimate of drug-likeness (QED) is 0.586. The van der Waals surface area contributed by atoms with Crippen molar-refractivity contribution < 1.29 is 9.59 Å². The van der Waals surface area contributed by atoms with Gasteiger partial charge in [0, 0.05) is 22.3 Å². The molecule has 0 saturated carbocycles. The fourth-order valence-corrected chi connectivity index (χ4v) is 3.12. The number of rotatable bonds is 0. The molecule has 0 unspecified atom stereocenters. The summed E-state index contributed by atoms with van der Waals surface area (Å²) >= 11 is 0. The second kappa shape index (κ2) is 4.47. The van der Waals surface area contributed by atoms with Gasteiger partial charge in [0.05, 0.1) is 4.86 Å². The number of hydrogen-bond donors (Lipinski definition) is 0. The van der Waals surface area contributed by atoms with Crippen LogP contribution >= 0.6 is 10.9 Å². The van der Waals surface area contributed by atoms with Crippen molar-refractivity contribution in [2.24, 2.45) is 0 Å². The molecule has 92 valence electrons. The molecule has 0 spiro atoms. The molecule has 0 atom stereocenters. The van der Waals surface area contributed by atoms with Gasteiger partial charge in [-0.25, -0.2) is 4.79 Å². The van der Waals surface area contributed by atoms with Crippen LogP contribution in [0, 0.1) is 6.92 Å². The molecule has 3 heteroatoms. The first-order chi connectivity index (χ1) is 9.24. The van der Waals surface area contributed by atoms with E-state index in [1.165, 1.54) is 0 Å². The molecule has 0 bridgehead atoms. The third-order valence-electron chi connectivity index (χ3n) is 3.30. The van der Waals surface area contributed by atoms with Crippen molar-refractivity contribution in [1.29, 1.82) is 0 Å². The summed E-state index contributed by atoms with van der Waals surface area (Å²) in [6.45, 7) is 1.91. The Morgan fingerprint density at radius 3 is 2.37 bits per heavy atom. The zero-order valence-corrected chi connectivity index (χ0v) is 11.1. The van der Waals surface area contributed by atoms with Gasteiger partial charge in [0.1, 0.15) is 0 Å². The minimum atomic E-state index is 0.0268. The molecule has 0 N–H and O–H groups in total. The Balaban J connectivity index is 2.48. The lowest BCUT2D eigenvalue weighted by Gasteiger charge is -2.21. The van der Waals surface area contributed by atoms with Gasteiger partial charge in [-0.3, -0.25) is 4.79 Å². The van der Waals surface area contributed by atoms with Crippen molar-refractivity contribution in [3.05, 3.63) is 70.3 Å². The van der Waals surface area contributed by atoms with E-state index < -0.39 is 0 Å². The molecule has 0 saturated heterocycles. The van der Waals surface area contributed by atoms with Gasteiger partial charge in [-0.05, 0) is 23.4 Å². The summed E-state index contributed by atoms with van der Waals surface area (Å²) < 4.78 is 0. The van der Waals surface area contributed by atoms with Gasteiger partial charge in [-0.1, -0.05) is 42.5 Å². The number of fused-ring (bicyclic) bond motifs is 2. The average molecular weight is 266 g/mol. The van der Waals surface area contributed by atoms with Crippen LogP contribution in [0.2, 0.25) is 0 Å². The third-order valence-corrected chi connectivity index (χ3v) is 4.03. The van der Waals surface area contributed by atoms with E-state index in [-0.39, 0.29) is 5.78 Å². The van der Waals surface area contributed by atoms with Crippen molar-refractivity contribution >= 4 is 26.8 Å². The maximum atomic E-state index is 12.6. The first kappa shape index (κ1) is 11.8. The van der Waals surface area contributed by atoms with E-state index >= 15 is 0 Å². The summed E-state index contributed by atoms with van der Waals surface area (Å²) in [6, 6.07) is 13.1. The summed E-state index contributed by atoms with van der Waals surface area (Å²) in [6.07, 6.45) is 0. The molecule has 2 nitrogen and oxygen atoms in total. The van der Waals surface area contributed by atoms with Gasteiger partial charge in [0.15, 0.2) is 11.0 Å². The highest BCUT2D eigenvalue weighted by Gasteiger charge is 2.27. The van der Waals surface area contributed by atoms with Crippen molar-refractivity contribution in [3.8, 4) is 0 Å². The van der Waals surface area contributed by atoms with Gasteiger partial charge in [-0.2, -0.15) is 0 Å². The molecule has 0 aliphatic heterocycles. The van der Waals surface area contributed by atoms with Gasteiger partial charge in [-0.15, -0.1) is 0 Å². The predicted octanol–water partition coefficient (Wildman–Crippen LogP) is 2.91. The van der Waals surface area contributed by atoms with Crippen LogP contribution in [-0.4, -0.2) is 15.9 Å². The minimum Gasteiger partial charge on any atom is -0.289 e. The fraction of sp³-hybridized carbons (Fsp3) is 0.0625. The molecule has 0 heterocycles. The lowest BCUT2D eigenvalue weighted by Crippen LogP contribution is -2.21. The van der Waals surface area contributed by atoms with Crippen LogP contribution in [0.3, 0.4) is 0 Å². The Bertz CT molecular complexity index is 792. The molecule has 0 fully saturated rings. The normalized spacial score (nSPS) is 12.5. The van der Waals surface area contributed by atoms with Crippen LogP contribution in [-0.2, 0) is 4.79 Å². The maximum absolute atomic E-state index is 12.6. The molecule has 1 aliphatic carbocycles. The number of benzene rings is 2. The molecule has 3 rings (SSSR count). The number of hydrogen-bond acceptors (Lipinski definition) is 2. The van der Waals surface area contributed by atoms with Gasteiger partial charge >= 0.3 is 0 Å². The number of carbonyl (C=O) groups excluding carboxylic acids is 2. The van der Waals surface area contributed by atoms with E-state index in [2.05, 4.69) is 0 Å². The SMILES string of the molecule is Cc1cccc2c1C(=O)c1ccccc1C2=S=C=O. The number of ketones is 1. The van der Waals surface area contributed by atoms with Crippen LogP contribution < -0.4 is 0 Å². The Labute approximate surface area is 114 Å². The van der Waals surface area contributed by atoms with E-state index in [1.54, 1.807) is 6.07 Å². The van der Waals surface area contributed by atoms with E-state index in [4.69, 9.17) is 0 Å². The highest BCUT2D eigenvalue weighted by molar-refractivity contribution is 7.97. The Kier molecular flexibility index (Phi) is 2.79. The van der Waals surface area contributed by atoms with Crippen LogP contribution in [0.25, 0.3) is 0 Å². The van der Waals surface area contributed by atoms with Crippen LogP contribution in [0.4, 0.5) is 0 Å². The van der Waals surface area contributed by atoms with E-state index in [0.29, 0.717) is 11.1 Å². The summed E-state index contributed by atoms with van der Waals surface area (Å²) in [4.78, 5) is 24.2. The van der Waals surface area contributed by atoms with Gasteiger partial charge in [0.25, 0.3) is 0 Å². The summed E-state index contributed by atoms with van der Waals surface area (Å²) in [5, 5.41) is 1.87. The molecule has 2 aromatic rings. The monoisotopic (exact) mass is 266 g/mol. The molecule has 2 aromatic carbocycles. The highest BCUT2D eigenvalue weighted by Crippen LogP contribution is 2.30. The molecule has 0 aromatic heterocycles. The topological polar surface area (TPSA) is 34.1 Å². The zero-order valence-electron chi connectivity index (χ0n) is 10.3. The molecule has 0 radical (unpaired) electrons. The smallest absolute Gasteiger partial charge is 0.194 e. The second-order valence-electron chi connectivity index (χ2n) is 4.39. The second-order valence-corrected chi connectivity index (χ2v) is 5.17. The number of aryl methyl sites for hydroxylation is 1. The highest BCUT2D eigenvalue weighted by atomic mass is 32.1. The molecule has 0 amide bonds. The summed E-state index contributed by atoms with van der Waals surface area (Å²) in [7, 11) is 1.01. The number of carbonyl (C=O) groups is 1. The van der Waals surface area contributed by atoms with E-state index in [1.807, 2.05) is 48.6 Å². The lowest BCUT2D eigenvalue weighted by molar-refractivity contribution is 0.103. The minimum absolute atomic E-state index is 0.0268. The Morgan fingerprint density at radius 1 is 0.947 bits per heavy atom. The largest absolute Gasteiger partial charge is 0.289 e. The van der Waals surface area contributed by atoms with Gasteiger partial charge in [0.2, 0.25) is 0 Å². The van der Waals surface area contributed by atoms with Crippen LogP contribution in [0.15, 0.2) is 42.5 Å². The van der Waals surface area contributed by atoms with Crippen LogP contribution in [0.1, 0.15) is 32.6 Å².